The van der Waals surface area contributed by atoms with E-state index >= 15 is 0 Å². The highest BCUT2D eigenvalue weighted by Crippen LogP contribution is 2.49. The van der Waals surface area contributed by atoms with Crippen LogP contribution in [-0.2, 0) is 15.0 Å². The van der Waals surface area contributed by atoms with Gasteiger partial charge in [-0.05, 0) is 39.2 Å². The van der Waals surface area contributed by atoms with Gasteiger partial charge in [-0.2, -0.15) is 0 Å². The van der Waals surface area contributed by atoms with Crippen LogP contribution >= 0.6 is 0 Å². The number of hydrogen-bond donors (Lipinski definition) is 1. The number of carbonyl (C=O) groups excluding carboxylic acids is 2. The molecule has 1 aromatic carbocycles. The average Bonchev–Trinajstić information content (AvgIpc) is 3.26. The van der Waals surface area contributed by atoms with Crippen molar-refractivity contribution in [3.63, 3.8) is 0 Å². The van der Waals surface area contributed by atoms with Gasteiger partial charge in [-0.3, -0.25) is 9.59 Å². The molecule has 0 aromatic heterocycles. The van der Waals surface area contributed by atoms with Gasteiger partial charge in [0, 0.05) is 12.6 Å². The van der Waals surface area contributed by atoms with Crippen LogP contribution in [0.2, 0.25) is 0 Å². The van der Waals surface area contributed by atoms with E-state index in [9.17, 15) is 9.59 Å². The summed E-state index contributed by atoms with van der Waals surface area (Å²) in [6.07, 6.45) is 1.75. The first-order chi connectivity index (χ1) is 9.99. The third-order valence-corrected chi connectivity index (χ3v) is 3.94. The van der Waals surface area contributed by atoms with Crippen molar-refractivity contribution in [2.75, 3.05) is 13.1 Å². The second-order valence-electron chi connectivity index (χ2n) is 5.99. The predicted molar refractivity (Wildman–Crippen MR) is 82.9 cm³/mol. The highest BCUT2D eigenvalue weighted by atomic mass is 16.2. The Morgan fingerprint density at radius 1 is 1.24 bits per heavy atom. The van der Waals surface area contributed by atoms with Crippen LogP contribution in [0.15, 0.2) is 30.3 Å². The van der Waals surface area contributed by atoms with Crippen LogP contribution in [-0.4, -0.2) is 35.8 Å². The Kier molecular flexibility index (Phi) is 4.66. The zero-order chi connectivity index (χ0) is 15.5. The molecule has 0 radical (unpaired) electrons. The van der Waals surface area contributed by atoms with Crippen LogP contribution in [0, 0.1) is 0 Å². The van der Waals surface area contributed by atoms with Crippen LogP contribution < -0.4 is 5.32 Å². The summed E-state index contributed by atoms with van der Waals surface area (Å²) in [5, 5.41) is 2.84. The first-order valence-electron chi connectivity index (χ1n) is 7.64. The molecule has 0 saturated heterocycles. The zero-order valence-electron chi connectivity index (χ0n) is 13.1. The van der Waals surface area contributed by atoms with Crippen LogP contribution in [0.4, 0.5) is 0 Å². The second kappa shape index (κ2) is 6.29. The number of amides is 2. The Morgan fingerprint density at radius 2 is 1.86 bits per heavy atom. The normalized spacial score (nSPS) is 15.6. The molecule has 1 saturated carbocycles. The molecule has 0 unspecified atom stereocenters. The molecule has 1 aliphatic rings. The van der Waals surface area contributed by atoms with Gasteiger partial charge >= 0.3 is 0 Å². The summed E-state index contributed by atoms with van der Waals surface area (Å²) in [4.78, 5) is 26.4. The largest absolute Gasteiger partial charge is 0.352 e. The standard InChI is InChI=1S/C17H24N2O2/c1-4-19(12-15(20)18-13(2)3)16(21)17(10-11-17)14-8-6-5-7-9-14/h5-9,13H,4,10-12H2,1-3H3,(H,18,20). The van der Waals surface area contributed by atoms with Gasteiger partial charge in [0.1, 0.15) is 0 Å². The number of likely N-dealkylation sites (N-methyl/N-ethyl adjacent to an activating group) is 1. The van der Waals surface area contributed by atoms with Crippen molar-refractivity contribution >= 4 is 11.8 Å². The van der Waals surface area contributed by atoms with Gasteiger partial charge in [0.05, 0.1) is 12.0 Å². The number of carbonyl (C=O) groups is 2. The smallest absolute Gasteiger partial charge is 0.239 e. The fraction of sp³-hybridized carbons (Fsp3) is 0.529. The summed E-state index contributed by atoms with van der Waals surface area (Å²) in [6, 6.07) is 9.99. The number of nitrogens with one attached hydrogen (secondary N) is 1. The lowest BCUT2D eigenvalue weighted by atomic mass is 9.94. The highest BCUT2D eigenvalue weighted by molar-refractivity contribution is 5.94. The van der Waals surface area contributed by atoms with Crippen molar-refractivity contribution in [1.29, 1.82) is 0 Å². The first-order valence-corrected chi connectivity index (χ1v) is 7.64. The molecule has 2 amide bonds. The Balaban J connectivity index is 2.09. The Labute approximate surface area is 126 Å². The molecule has 0 aliphatic heterocycles. The van der Waals surface area contributed by atoms with E-state index in [1.54, 1.807) is 4.90 Å². The number of hydrogen-bond acceptors (Lipinski definition) is 2. The van der Waals surface area contributed by atoms with Gasteiger partial charge in [-0.1, -0.05) is 30.3 Å². The maximum Gasteiger partial charge on any atom is 0.239 e. The van der Waals surface area contributed by atoms with E-state index in [2.05, 4.69) is 5.32 Å². The molecular weight excluding hydrogens is 264 g/mol. The van der Waals surface area contributed by atoms with E-state index in [0.717, 1.165) is 18.4 Å². The molecule has 0 atom stereocenters. The number of nitrogens with zero attached hydrogens (tertiary/aromatic N) is 1. The van der Waals surface area contributed by atoms with Crippen LogP contribution in [0.5, 0.6) is 0 Å². The zero-order valence-corrected chi connectivity index (χ0v) is 13.1. The third kappa shape index (κ3) is 3.43. The molecule has 114 valence electrons. The van der Waals surface area contributed by atoms with Crippen molar-refractivity contribution < 1.29 is 9.59 Å². The van der Waals surface area contributed by atoms with Gasteiger partial charge in [0.2, 0.25) is 11.8 Å². The lowest BCUT2D eigenvalue weighted by Crippen LogP contribution is -2.46. The van der Waals surface area contributed by atoms with Gasteiger partial charge in [-0.15, -0.1) is 0 Å². The fourth-order valence-electron chi connectivity index (χ4n) is 2.68. The Hall–Kier alpha value is -1.84. The topological polar surface area (TPSA) is 49.4 Å². The van der Waals surface area contributed by atoms with E-state index in [1.165, 1.54) is 0 Å². The van der Waals surface area contributed by atoms with Crippen molar-refractivity contribution in [3.8, 4) is 0 Å². The molecule has 0 spiro atoms. The van der Waals surface area contributed by atoms with Crippen molar-refractivity contribution in [2.45, 2.75) is 45.1 Å². The SMILES string of the molecule is CCN(CC(=O)NC(C)C)C(=O)C1(c2ccccc2)CC1. The van der Waals surface area contributed by atoms with E-state index in [-0.39, 0.29) is 24.4 Å². The molecule has 4 nitrogen and oxygen atoms in total. The monoisotopic (exact) mass is 288 g/mol. The molecule has 0 heterocycles. The minimum atomic E-state index is -0.393. The van der Waals surface area contributed by atoms with Gasteiger partial charge in [0.15, 0.2) is 0 Å². The highest BCUT2D eigenvalue weighted by Gasteiger charge is 2.52. The third-order valence-electron chi connectivity index (χ3n) is 3.94. The summed E-state index contributed by atoms with van der Waals surface area (Å²) in [6.45, 7) is 6.45. The Bertz CT molecular complexity index is 507. The van der Waals surface area contributed by atoms with E-state index in [0.29, 0.717) is 6.54 Å². The lowest BCUT2D eigenvalue weighted by molar-refractivity contribution is -0.138. The summed E-state index contributed by atoms with van der Waals surface area (Å²) in [7, 11) is 0. The van der Waals surface area contributed by atoms with Crippen LogP contribution in [0.3, 0.4) is 0 Å². The van der Waals surface area contributed by atoms with E-state index in [1.807, 2.05) is 51.1 Å². The number of benzene rings is 1. The summed E-state index contributed by atoms with van der Waals surface area (Å²) >= 11 is 0. The van der Waals surface area contributed by atoms with Gasteiger partial charge in [0.25, 0.3) is 0 Å². The van der Waals surface area contributed by atoms with E-state index in [4.69, 9.17) is 0 Å². The van der Waals surface area contributed by atoms with Crippen molar-refractivity contribution in [1.82, 2.24) is 10.2 Å². The van der Waals surface area contributed by atoms with Crippen LogP contribution in [0.1, 0.15) is 39.2 Å². The molecule has 1 N–H and O–H groups in total. The van der Waals surface area contributed by atoms with Crippen molar-refractivity contribution in [3.05, 3.63) is 35.9 Å². The van der Waals surface area contributed by atoms with E-state index < -0.39 is 5.41 Å². The number of rotatable bonds is 6. The van der Waals surface area contributed by atoms with Crippen LogP contribution in [0.25, 0.3) is 0 Å². The second-order valence-corrected chi connectivity index (χ2v) is 5.99. The summed E-state index contributed by atoms with van der Waals surface area (Å²) in [5.41, 5.74) is 0.674. The van der Waals surface area contributed by atoms with Gasteiger partial charge in [-0.25, -0.2) is 0 Å². The molecule has 1 aliphatic carbocycles. The quantitative estimate of drug-likeness (QED) is 0.871. The summed E-state index contributed by atoms with van der Waals surface area (Å²) < 4.78 is 0. The fourth-order valence-corrected chi connectivity index (χ4v) is 2.68. The molecule has 21 heavy (non-hydrogen) atoms. The van der Waals surface area contributed by atoms with Crippen molar-refractivity contribution in [2.24, 2.45) is 0 Å². The minimum Gasteiger partial charge on any atom is -0.352 e. The lowest BCUT2D eigenvalue weighted by Gasteiger charge is -2.26. The first kappa shape index (κ1) is 15.5. The molecule has 1 fully saturated rings. The average molecular weight is 288 g/mol. The Morgan fingerprint density at radius 3 is 2.33 bits per heavy atom. The predicted octanol–water partition coefficient (Wildman–Crippen LogP) is 2.09. The maximum absolute atomic E-state index is 12.8. The molecular formula is C17H24N2O2. The molecule has 2 rings (SSSR count). The maximum atomic E-state index is 12.8. The molecule has 4 heteroatoms. The molecule has 1 aromatic rings. The minimum absolute atomic E-state index is 0.0788. The van der Waals surface area contributed by atoms with Gasteiger partial charge < -0.3 is 10.2 Å². The summed E-state index contributed by atoms with van der Waals surface area (Å²) in [5.74, 6) is -0.0147. The molecule has 0 bridgehead atoms.